The van der Waals surface area contributed by atoms with Crippen LogP contribution in [0.25, 0.3) is 0 Å². The van der Waals surface area contributed by atoms with E-state index >= 15 is 0 Å². The van der Waals surface area contributed by atoms with Crippen LogP contribution in [0, 0.1) is 0 Å². The first-order valence-electron chi connectivity index (χ1n) is 3.92. The molecule has 0 heterocycles. The summed E-state index contributed by atoms with van der Waals surface area (Å²) in [5.74, 6) is -0.628. The third-order valence-electron chi connectivity index (χ3n) is 1.47. The number of esters is 1. The van der Waals surface area contributed by atoms with Gasteiger partial charge in [-0.3, -0.25) is 0 Å². The highest BCUT2D eigenvalue weighted by Gasteiger charge is 2.08. The molecule has 0 unspecified atom stereocenters. The molecule has 14 heavy (non-hydrogen) atoms. The second kappa shape index (κ2) is 4.81. The van der Waals surface area contributed by atoms with E-state index in [1.807, 2.05) is 0 Å². The van der Waals surface area contributed by atoms with E-state index < -0.39 is 12.6 Å². The molecule has 0 saturated heterocycles. The van der Waals surface area contributed by atoms with Gasteiger partial charge in [-0.25, -0.2) is 9.18 Å². The van der Waals surface area contributed by atoms with Crippen molar-refractivity contribution < 1.29 is 13.9 Å². The Morgan fingerprint density at radius 1 is 1.50 bits per heavy atom. The quantitative estimate of drug-likeness (QED) is 0.623. The van der Waals surface area contributed by atoms with E-state index in [0.717, 1.165) is 0 Å². The lowest BCUT2D eigenvalue weighted by Gasteiger charge is -2.03. The molecule has 0 aliphatic carbocycles. The summed E-state index contributed by atoms with van der Waals surface area (Å²) >= 11 is 5.67. The Morgan fingerprint density at radius 3 is 2.79 bits per heavy atom. The molecule has 0 aliphatic heterocycles. The van der Waals surface area contributed by atoms with Gasteiger partial charge in [-0.15, -0.1) is 0 Å². The average Bonchev–Trinajstić information content (AvgIpc) is 2.12. The van der Waals surface area contributed by atoms with Gasteiger partial charge in [0, 0.05) is 10.7 Å². The summed E-state index contributed by atoms with van der Waals surface area (Å²) in [5, 5.41) is 0.345. The molecule has 2 N–H and O–H groups in total. The van der Waals surface area contributed by atoms with E-state index in [-0.39, 0.29) is 12.2 Å². The number of ether oxygens (including phenoxy) is 1. The molecule has 5 heteroatoms. The van der Waals surface area contributed by atoms with Crippen molar-refractivity contribution in [3.05, 3.63) is 28.8 Å². The number of carbonyl (C=O) groups is 1. The first-order valence-corrected chi connectivity index (χ1v) is 4.30. The van der Waals surface area contributed by atoms with Crippen LogP contribution in [0.5, 0.6) is 0 Å². The van der Waals surface area contributed by atoms with Crippen molar-refractivity contribution in [2.75, 3.05) is 19.0 Å². The second-order valence-corrected chi connectivity index (χ2v) is 3.03. The summed E-state index contributed by atoms with van der Waals surface area (Å²) < 4.78 is 16.3. The second-order valence-electron chi connectivity index (χ2n) is 2.60. The standard InChI is InChI=1S/C9H9ClFNO2/c10-7-3-6(4-8(12)5-7)9(13)14-2-1-11/h3-5H,1-2,12H2. The van der Waals surface area contributed by atoms with Crippen LogP contribution in [0.1, 0.15) is 10.4 Å². The van der Waals surface area contributed by atoms with Crippen LogP contribution < -0.4 is 5.73 Å². The van der Waals surface area contributed by atoms with Crippen LogP contribution in [-0.4, -0.2) is 19.3 Å². The molecule has 0 saturated carbocycles. The number of alkyl halides is 1. The van der Waals surface area contributed by atoms with Gasteiger partial charge < -0.3 is 10.5 Å². The highest BCUT2D eigenvalue weighted by atomic mass is 35.5. The van der Waals surface area contributed by atoms with Gasteiger partial charge in [0.05, 0.1) is 5.56 Å². The third kappa shape index (κ3) is 2.88. The number of anilines is 1. The molecule has 0 spiro atoms. The van der Waals surface area contributed by atoms with Gasteiger partial charge >= 0.3 is 5.97 Å². The molecule has 0 aromatic heterocycles. The normalized spacial score (nSPS) is 9.86. The van der Waals surface area contributed by atoms with Crippen LogP contribution in [0.2, 0.25) is 5.02 Å². The molecular weight excluding hydrogens is 209 g/mol. The van der Waals surface area contributed by atoms with Gasteiger partial charge in [0.1, 0.15) is 13.3 Å². The van der Waals surface area contributed by atoms with Crippen LogP contribution in [0.3, 0.4) is 0 Å². The fraction of sp³-hybridized carbons (Fsp3) is 0.222. The van der Waals surface area contributed by atoms with E-state index in [1.54, 1.807) is 0 Å². The predicted octanol–water partition coefficient (Wildman–Crippen LogP) is 2.05. The van der Waals surface area contributed by atoms with Gasteiger partial charge in [0.2, 0.25) is 0 Å². The smallest absolute Gasteiger partial charge is 0.338 e. The zero-order chi connectivity index (χ0) is 10.6. The van der Waals surface area contributed by atoms with Crippen LogP contribution in [-0.2, 0) is 4.74 Å². The Kier molecular flexibility index (Phi) is 3.71. The van der Waals surface area contributed by atoms with E-state index in [9.17, 15) is 9.18 Å². The van der Waals surface area contributed by atoms with Crippen molar-refractivity contribution in [3.63, 3.8) is 0 Å². The molecule has 0 fully saturated rings. The molecule has 0 atom stereocenters. The Hall–Kier alpha value is -1.29. The van der Waals surface area contributed by atoms with E-state index in [2.05, 4.69) is 4.74 Å². The van der Waals surface area contributed by atoms with Crippen LogP contribution >= 0.6 is 11.6 Å². The minimum atomic E-state index is -0.707. The van der Waals surface area contributed by atoms with Crippen molar-refractivity contribution in [2.24, 2.45) is 0 Å². The summed E-state index contributed by atoms with van der Waals surface area (Å²) in [4.78, 5) is 11.2. The van der Waals surface area contributed by atoms with E-state index in [4.69, 9.17) is 17.3 Å². The molecular formula is C9H9ClFNO2. The van der Waals surface area contributed by atoms with Crippen molar-refractivity contribution in [1.29, 1.82) is 0 Å². The molecule has 0 bridgehead atoms. The van der Waals surface area contributed by atoms with Crippen LogP contribution in [0.4, 0.5) is 10.1 Å². The zero-order valence-electron chi connectivity index (χ0n) is 7.30. The zero-order valence-corrected chi connectivity index (χ0v) is 8.05. The molecule has 0 radical (unpaired) electrons. The number of rotatable bonds is 3. The predicted molar refractivity (Wildman–Crippen MR) is 52.1 cm³/mol. The summed E-state index contributed by atoms with van der Waals surface area (Å²) in [6.45, 7) is -0.965. The molecule has 3 nitrogen and oxygen atoms in total. The van der Waals surface area contributed by atoms with Crippen molar-refractivity contribution in [3.8, 4) is 0 Å². The lowest BCUT2D eigenvalue weighted by atomic mass is 10.2. The van der Waals surface area contributed by atoms with E-state index in [0.29, 0.717) is 10.7 Å². The monoisotopic (exact) mass is 217 g/mol. The summed E-state index contributed by atoms with van der Waals surface area (Å²) in [6, 6.07) is 4.35. The number of hydrogen-bond donors (Lipinski definition) is 1. The molecule has 76 valence electrons. The maximum atomic E-state index is 11.7. The Morgan fingerprint density at radius 2 is 2.21 bits per heavy atom. The average molecular weight is 218 g/mol. The Bertz CT molecular complexity index is 323. The highest BCUT2D eigenvalue weighted by molar-refractivity contribution is 6.31. The summed E-state index contributed by atoms with van der Waals surface area (Å²) in [7, 11) is 0. The number of nitrogen functional groups attached to an aromatic ring is 1. The fourth-order valence-electron chi connectivity index (χ4n) is 0.945. The first-order chi connectivity index (χ1) is 6.63. The lowest BCUT2D eigenvalue weighted by Crippen LogP contribution is -2.07. The highest BCUT2D eigenvalue weighted by Crippen LogP contribution is 2.17. The van der Waals surface area contributed by atoms with Gasteiger partial charge in [0.25, 0.3) is 0 Å². The molecule has 1 aromatic carbocycles. The van der Waals surface area contributed by atoms with Gasteiger partial charge in [0.15, 0.2) is 0 Å². The minimum absolute atomic E-state index is 0.225. The number of hydrogen-bond acceptors (Lipinski definition) is 3. The van der Waals surface area contributed by atoms with Gasteiger partial charge in [-0.2, -0.15) is 0 Å². The summed E-state index contributed by atoms with van der Waals surface area (Å²) in [5.41, 5.74) is 6.05. The molecule has 1 aromatic rings. The summed E-state index contributed by atoms with van der Waals surface area (Å²) in [6.07, 6.45) is 0. The van der Waals surface area contributed by atoms with Crippen molar-refractivity contribution >= 4 is 23.3 Å². The van der Waals surface area contributed by atoms with Crippen LogP contribution in [0.15, 0.2) is 18.2 Å². The number of benzene rings is 1. The fourth-order valence-corrected chi connectivity index (χ4v) is 1.19. The van der Waals surface area contributed by atoms with Gasteiger partial charge in [-0.1, -0.05) is 11.6 Å². The number of halogens is 2. The lowest BCUT2D eigenvalue weighted by molar-refractivity contribution is 0.0481. The van der Waals surface area contributed by atoms with E-state index in [1.165, 1.54) is 18.2 Å². The third-order valence-corrected chi connectivity index (χ3v) is 1.68. The molecule has 0 aliphatic rings. The SMILES string of the molecule is Nc1cc(Cl)cc(C(=O)OCCF)c1. The maximum absolute atomic E-state index is 11.7. The Balaban J connectivity index is 2.79. The Labute approximate surface area is 85.6 Å². The number of carbonyl (C=O) groups excluding carboxylic acids is 1. The van der Waals surface area contributed by atoms with Crippen molar-refractivity contribution in [1.82, 2.24) is 0 Å². The molecule has 0 amide bonds. The first kappa shape index (κ1) is 10.8. The number of nitrogens with two attached hydrogens (primary N) is 1. The maximum Gasteiger partial charge on any atom is 0.338 e. The topological polar surface area (TPSA) is 52.3 Å². The largest absolute Gasteiger partial charge is 0.459 e. The van der Waals surface area contributed by atoms with Crippen molar-refractivity contribution in [2.45, 2.75) is 0 Å². The minimum Gasteiger partial charge on any atom is -0.459 e. The molecule has 1 rings (SSSR count). The van der Waals surface area contributed by atoms with Gasteiger partial charge in [-0.05, 0) is 18.2 Å².